The lowest BCUT2D eigenvalue weighted by molar-refractivity contribution is -0.126. The molecule has 0 spiro atoms. The van der Waals surface area contributed by atoms with Crippen molar-refractivity contribution in [3.63, 3.8) is 0 Å². The average Bonchev–Trinajstić information content (AvgIpc) is 3.39. The van der Waals surface area contributed by atoms with E-state index < -0.39 is 5.91 Å². The predicted octanol–water partition coefficient (Wildman–Crippen LogP) is 1.92. The van der Waals surface area contributed by atoms with Crippen molar-refractivity contribution in [2.75, 3.05) is 18.4 Å². The summed E-state index contributed by atoms with van der Waals surface area (Å²) in [7, 11) is 0. The Morgan fingerprint density at radius 2 is 1.79 bits per heavy atom. The third kappa shape index (κ3) is 4.36. The molecule has 1 unspecified atom stereocenters. The summed E-state index contributed by atoms with van der Waals surface area (Å²) in [4.78, 5) is 39.0. The Labute approximate surface area is 166 Å². The standard InChI is InChI=1S/C19H21N5O3S/c25-15(20-14-8-9-14)12-5-4-10-24(11-12)19(27)18-23-22-17(28-18)16(26)21-13-6-2-1-3-7-13/h1-3,6-7,12,14H,4-5,8-11H2,(H,20,25)(H,21,26). The van der Waals surface area contributed by atoms with E-state index in [0.29, 0.717) is 24.8 Å². The van der Waals surface area contributed by atoms with Gasteiger partial charge >= 0.3 is 0 Å². The predicted molar refractivity (Wildman–Crippen MR) is 104 cm³/mol. The van der Waals surface area contributed by atoms with E-state index in [4.69, 9.17) is 0 Å². The molecular formula is C19H21N5O3S. The van der Waals surface area contributed by atoms with Crippen molar-refractivity contribution < 1.29 is 14.4 Å². The Balaban J connectivity index is 1.38. The van der Waals surface area contributed by atoms with Crippen LogP contribution in [0, 0.1) is 5.92 Å². The number of benzene rings is 1. The lowest BCUT2D eigenvalue weighted by Crippen LogP contribution is -2.45. The van der Waals surface area contributed by atoms with E-state index in [9.17, 15) is 14.4 Å². The molecular weight excluding hydrogens is 378 g/mol. The first-order valence-electron chi connectivity index (χ1n) is 9.39. The second kappa shape index (κ2) is 8.05. The Bertz CT molecular complexity index is 881. The van der Waals surface area contributed by atoms with Gasteiger partial charge in [0.1, 0.15) is 0 Å². The van der Waals surface area contributed by atoms with Gasteiger partial charge in [0.05, 0.1) is 5.92 Å². The molecule has 2 aromatic rings. The van der Waals surface area contributed by atoms with Gasteiger partial charge in [-0.2, -0.15) is 0 Å². The fourth-order valence-corrected chi connectivity index (χ4v) is 3.87. The van der Waals surface area contributed by atoms with Crippen LogP contribution in [0.15, 0.2) is 30.3 Å². The fourth-order valence-electron chi connectivity index (χ4n) is 3.17. The Morgan fingerprint density at radius 1 is 1.04 bits per heavy atom. The van der Waals surface area contributed by atoms with Gasteiger partial charge in [0.2, 0.25) is 15.9 Å². The first kappa shape index (κ1) is 18.5. The zero-order valence-corrected chi connectivity index (χ0v) is 16.1. The fraction of sp³-hybridized carbons (Fsp3) is 0.421. The highest BCUT2D eigenvalue weighted by Gasteiger charge is 2.33. The van der Waals surface area contributed by atoms with Crippen LogP contribution in [-0.4, -0.2) is 52.0 Å². The van der Waals surface area contributed by atoms with Crippen LogP contribution in [0.2, 0.25) is 0 Å². The number of likely N-dealkylation sites (tertiary alicyclic amines) is 1. The maximum absolute atomic E-state index is 12.8. The summed E-state index contributed by atoms with van der Waals surface area (Å²) in [6.45, 7) is 0.958. The zero-order valence-electron chi connectivity index (χ0n) is 15.3. The van der Waals surface area contributed by atoms with Gasteiger partial charge in [-0.25, -0.2) is 0 Å². The second-order valence-corrected chi connectivity index (χ2v) is 8.08. The first-order valence-corrected chi connectivity index (χ1v) is 10.2. The molecule has 1 aliphatic heterocycles. The number of hydrogen-bond acceptors (Lipinski definition) is 6. The van der Waals surface area contributed by atoms with Crippen LogP contribution in [0.4, 0.5) is 5.69 Å². The maximum Gasteiger partial charge on any atom is 0.286 e. The van der Waals surface area contributed by atoms with Crippen molar-refractivity contribution in [2.24, 2.45) is 5.92 Å². The van der Waals surface area contributed by atoms with E-state index >= 15 is 0 Å². The van der Waals surface area contributed by atoms with Crippen molar-refractivity contribution in [3.05, 3.63) is 40.3 Å². The molecule has 2 heterocycles. The highest BCUT2D eigenvalue weighted by Crippen LogP contribution is 2.23. The SMILES string of the molecule is O=C(Nc1ccccc1)c1nnc(C(=O)N2CCCC(C(=O)NC3CC3)C2)s1. The van der Waals surface area contributed by atoms with Gasteiger partial charge in [0, 0.05) is 24.8 Å². The molecule has 9 heteroatoms. The highest BCUT2D eigenvalue weighted by molar-refractivity contribution is 7.15. The summed E-state index contributed by atoms with van der Waals surface area (Å²) in [6.07, 6.45) is 3.64. The van der Waals surface area contributed by atoms with Crippen molar-refractivity contribution in [1.82, 2.24) is 20.4 Å². The van der Waals surface area contributed by atoms with E-state index in [2.05, 4.69) is 20.8 Å². The van der Waals surface area contributed by atoms with Gasteiger partial charge in [-0.15, -0.1) is 10.2 Å². The van der Waals surface area contributed by atoms with Crippen LogP contribution in [-0.2, 0) is 4.79 Å². The third-order valence-corrected chi connectivity index (χ3v) is 5.75. The van der Waals surface area contributed by atoms with E-state index in [0.717, 1.165) is 37.0 Å². The van der Waals surface area contributed by atoms with Gasteiger partial charge in [-0.1, -0.05) is 29.5 Å². The Morgan fingerprint density at radius 3 is 2.54 bits per heavy atom. The normalized spacial score (nSPS) is 19.1. The molecule has 2 fully saturated rings. The largest absolute Gasteiger partial charge is 0.353 e. The quantitative estimate of drug-likeness (QED) is 0.799. The van der Waals surface area contributed by atoms with E-state index in [1.807, 2.05) is 18.2 Å². The summed E-state index contributed by atoms with van der Waals surface area (Å²) >= 11 is 0.966. The molecule has 146 valence electrons. The van der Waals surface area contributed by atoms with Gasteiger partial charge in [-0.05, 0) is 37.8 Å². The Hall–Kier alpha value is -2.81. The molecule has 1 aromatic heterocycles. The molecule has 2 N–H and O–H groups in total. The van der Waals surface area contributed by atoms with Crippen LogP contribution >= 0.6 is 11.3 Å². The lowest BCUT2D eigenvalue weighted by atomic mass is 9.97. The molecule has 3 amide bonds. The number of rotatable bonds is 5. The summed E-state index contributed by atoms with van der Waals surface area (Å²) in [5, 5.41) is 13.8. The molecule has 1 saturated heterocycles. The minimum absolute atomic E-state index is 0.0280. The van der Waals surface area contributed by atoms with Gasteiger partial charge < -0.3 is 15.5 Å². The summed E-state index contributed by atoms with van der Waals surface area (Å²) < 4.78 is 0. The molecule has 0 radical (unpaired) electrons. The minimum Gasteiger partial charge on any atom is -0.353 e. The number of aromatic nitrogens is 2. The molecule has 1 aromatic carbocycles. The number of anilines is 1. The van der Waals surface area contributed by atoms with Crippen LogP contribution in [0.25, 0.3) is 0 Å². The number of piperidine rings is 1. The molecule has 0 bridgehead atoms. The Kier molecular flexibility index (Phi) is 5.34. The zero-order chi connectivity index (χ0) is 19.5. The number of amides is 3. The molecule has 28 heavy (non-hydrogen) atoms. The van der Waals surface area contributed by atoms with Crippen molar-refractivity contribution in [2.45, 2.75) is 31.7 Å². The molecule has 1 saturated carbocycles. The molecule has 1 atom stereocenters. The molecule has 1 aliphatic carbocycles. The topological polar surface area (TPSA) is 104 Å². The van der Waals surface area contributed by atoms with Crippen molar-refractivity contribution in [1.29, 1.82) is 0 Å². The number of carbonyl (C=O) groups is 3. The molecule has 8 nitrogen and oxygen atoms in total. The van der Waals surface area contributed by atoms with E-state index in [1.54, 1.807) is 17.0 Å². The van der Waals surface area contributed by atoms with Crippen LogP contribution < -0.4 is 10.6 Å². The second-order valence-electron chi connectivity index (χ2n) is 7.11. The number of hydrogen-bond donors (Lipinski definition) is 2. The van der Waals surface area contributed by atoms with E-state index in [-0.39, 0.29) is 27.7 Å². The van der Waals surface area contributed by atoms with Crippen molar-refractivity contribution >= 4 is 34.7 Å². The number of nitrogens with zero attached hydrogens (tertiary/aromatic N) is 3. The summed E-state index contributed by atoms with van der Waals surface area (Å²) in [5.41, 5.74) is 0.649. The first-order chi connectivity index (χ1) is 13.6. The monoisotopic (exact) mass is 399 g/mol. The lowest BCUT2D eigenvalue weighted by Gasteiger charge is -2.31. The molecule has 2 aliphatic rings. The smallest absolute Gasteiger partial charge is 0.286 e. The maximum atomic E-state index is 12.8. The van der Waals surface area contributed by atoms with E-state index in [1.165, 1.54) is 0 Å². The van der Waals surface area contributed by atoms with Gasteiger partial charge in [0.15, 0.2) is 0 Å². The van der Waals surface area contributed by atoms with Gasteiger partial charge in [-0.3, -0.25) is 14.4 Å². The minimum atomic E-state index is -0.400. The van der Waals surface area contributed by atoms with Crippen LogP contribution in [0.3, 0.4) is 0 Å². The van der Waals surface area contributed by atoms with Crippen LogP contribution in [0.5, 0.6) is 0 Å². The van der Waals surface area contributed by atoms with Crippen molar-refractivity contribution in [3.8, 4) is 0 Å². The highest BCUT2D eigenvalue weighted by atomic mass is 32.1. The summed E-state index contributed by atoms with van der Waals surface area (Å²) in [6, 6.07) is 9.34. The number of nitrogens with one attached hydrogen (secondary N) is 2. The summed E-state index contributed by atoms with van der Waals surface area (Å²) in [5.74, 6) is -0.837. The van der Waals surface area contributed by atoms with Crippen LogP contribution in [0.1, 0.15) is 45.3 Å². The number of carbonyl (C=O) groups excluding carboxylic acids is 3. The number of para-hydroxylation sites is 1. The van der Waals surface area contributed by atoms with Gasteiger partial charge in [0.25, 0.3) is 11.8 Å². The molecule has 4 rings (SSSR count). The third-order valence-electron chi connectivity index (χ3n) is 4.84. The average molecular weight is 399 g/mol.